The van der Waals surface area contributed by atoms with Crippen LogP contribution < -0.4 is 10.9 Å². The summed E-state index contributed by atoms with van der Waals surface area (Å²) < 4.78 is 0.629. The van der Waals surface area contributed by atoms with Crippen molar-refractivity contribution in [2.45, 2.75) is 6.54 Å². The minimum absolute atomic E-state index is 0.134. The predicted octanol–water partition coefficient (Wildman–Crippen LogP) is 0.0942. The van der Waals surface area contributed by atoms with Crippen molar-refractivity contribution in [2.75, 3.05) is 40.3 Å². The van der Waals surface area contributed by atoms with Crippen molar-refractivity contribution in [1.82, 2.24) is 25.1 Å². The summed E-state index contributed by atoms with van der Waals surface area (Å²) in [6, 6.07) is 1.84. The lowest BCUT2D eigenvalue weighted by molar-refractivity contribution is -0.141. The zero-order valence-electron chi connectivity index (χ0n) is 13.8. The van der Waals surface area contributed by atoms with E-state index in [1.807, 2.05) is 11.4 Å². The molecule has 24 heavy (non-hydrogen) atoms. The Labute approximate surface area is 143 Å². The molecule has 2 fully saturated rings. The Kier molecular flexibility index (Phi) is 3.70. The number of aromatic nitrogens is 2. The maximum absolute atomic E-state index is 13.1. The third kappa shape index (κ3) is 2.37. The van der Waals surface area contributed by atoms with Gasteiger partial charge >= 0.3 is 0 Å². The molecule has 2 aromatic heterocycles. The largest absolute Gasteiger partial charge is 0.338 e. The molecule has 2 aliphatic rings. The molecule has 0 saturated carbocycles. The lowest BCUT2D eigenvalue weighted by Crippen LogP contribution is -2.47. The number of aromatic amines is 1. The van der Waals surface area contributed by atoms with Crippen LogP contribution in [0.3, 0.4) is 0 Å². The molecule has 2 atom stereocenters. The van der Waals surface area contributed by atoms with E-state index in [0.717, 1.165) is 26.2 Å². The zero-order chi connectivity index (χ0) is 16.9. The SMILES string of the molecule is CN1C[C@@H]2CNC[C@]2(C(=O)N(C)Cc2nc3ccsc3c(=O)[nH]2)C1. The number of rotatable bonds is 3. The fourth-order valence-electron chi connectivity index (χ4n) is 4.15. The van der Waals surface area contributed by atoms with Gasteiger partial charge in [-0.25, -0.2) is 4.98 Å². The molecule has 0 spiro atoms. The molecule has 1 amide bonds. The molecule has 7 nitrogen and oxygen atoms in total. The highest BCUT2D eigenvalue weighted by molar-refractivity contribution is 7.17. The van der Waals surface area contributed by atoms with Crippen LogP contribution in [0.1, 0.15) is 5.82 Å². The molecule has 0 bridgehead atoms. The van der Waals surface area contributed by atoms with Crippen molar-refractivity contribution >= 4 is 27.5 Å². The Morgan fingerprint density at radius 1 is 1.58 bits per heavy atom. The molecule has 0 aromatic carbocycles. The number of thiophene rings is 1. The van der Waals surface area contributed by atoms with Gasteiger partial charge in [0, 0.05) is 39.1 Å². The van der Waals surface area contributed by atoms with Crippen LogP contribution in [0, 0.1) is 11.3 Å². The zero-order valence-corrected chi connectivity index (χ0v) is 14.7. The number of nitrogens with zero attached hydrogens (tertiary/aromatic N) is 3. The highest BCUT2D eigenvalue weighted by Crippen LogP contribution is 2.39. The van der Waals surface area contributed by atoms with E-state index < -0.39 is 0 Å². The number of amides is 1. The number of carbonyl (C=O) groups excluding carboxylic acids is 1. The van der Waals surface area contributed by atoms with Gasteiger partial charge < -0.3 is 20.1 Å². The van der Waals surface area contributed by atoms with Gasteiger partial charge in [0.2, 0.25) is 5.91 Å². The maximum atomic E-state index is 13.1. The average Bonchev–Trinajstić information content (AvgIpc) is 3.20. The standard InChI is InChI=1S/C16H21N5O2S/c1-20-6-10-5-17-8-16(10,9-20)15(23)21(2)7-12-18-11-3-4-24-13(11)14(22)19-12/h3-4,10,17H,5-9H2,1-2H3,(H,18,19,22)/t10-,16-/m0/s1. The average molecular weight is 347 g/mol. The van der Waals surface area contributed by atoms with E-state index in [1.165, 1.54) is 11.3 Å². The van der Waals surface area contributed by atoms with Crippen molar-refractivity contribution in [1.29, 1.82) is 0 Å². The minimum Gasteiger partial charge on any atom is -0.338 e. The van der Waals surface area contributed by atoms with E-state index in [0.29, 0.717) is 28.5 Å². The third-order valence-electron chi connectivity index (χ3n) is 5.22. The molecule has 4 heterocycles. The minimum atomic E-state index is -0.351. The summed E-state index contributed by atoms with van der Waals surface area (Å²) in [5, 5.41) is 5.22. The van der Waals surface area contributed by atoms with Crippen molar-refractivity contribution in [3.8, 4) is 0 Å². The van der Waals surface area contributed by atoms with Crippen LogP contribution in [-0.4, -0.2) is 65.9 Å². The number of hydrogen-bond acceptors (Lipinski definition) is 6. The van der Waals surface area contributed by atoms with Crippen LogP contribution in [0.2, 0.25) is 0 Å². The molecule has 8 heteroatoms. The number of nitrogens with one attached hydrogen (secondary N) is 2. The molecule has 0 unspecified atom stereocenters. The quantitative estimate of drug-likeness (QED) is 0.823. The predicted molar refractivity (Wildman–Crippen MR) is 93.0 cm³/mol. The molecule has 2 aliphatic heterocycles. The van der Waals surface area contributed by atoms with E-state index >= 15 is 0 Å². The van der Waals surface area contributed by atoms with Crippen molar-refractivity contribution < 1.29 is 4.79 Å². The van der Waals surface area contributed by atoms with Gasteiger partial charge in [0.05, 0.1) is 17.5 Å². The normalized spacial score (nSPS) is 26.8. The van der Waals surface area contributed by atoms with Crippen LogP contribution in [-0.2, 0) is 11.3 Å². The summed E-state index contributed by atoms with van der Waals surface area (Å²) in [4.78, 5) is 36.4. The second-order valence-electron chi connectivity index (χ2n) is 6.99. The number of hydrogen-bond donors (Lipinski definition) is 2. The highest BCUT2D eigenvalue weighted by Gasteiger charge is 2.54. The van der Waals surface area contributed by atoms with Gasteiger partial charge in [-0.2, -0.15) is 0 Å². The first kappa shape index (κ1) is 15.7. The first-order chi connectivity index (χ1) is 11.5. The second-order valence-corrected chi connectivity index (χ2v) is 7.91. The highest BCUT2D eigenvalue weighted by atomic mass is 32.1. The molecule has 0 radical (unpaired) electrons. The Balaban J connectivity index is 1.58. The molecular formula is C16H21N5O2S. The molecule has 128 valence electrons. The summed E-state index contributed by atoms with van der Waals surface area (Å²) in [7, 11) is 3.86. The molecule has 2 N–H and O–H groups in total. The fourth-order valence-corrected chi connectivity index (χ4v) is 4.87. The van der Waals surface area contributed by atoms with Crippen molar-refractivity contribution in [3.05, 3.63) is 27.6 Å². The molecule has 0 aliphatic carbocycles. The summed E-state index contributed by atoms with van der Waals surface area (Å²) in [6.07, 6.45) is 0. The number of carbonyl (C=O) groups is 1. The van der Waals surface area contributed by atoms with Gasteiger partial charge in [-0.1, -0.05) is 0 Å². The van der Waals surface area contributed by atoms with Crippen LogP contribution in [0.25, 0.3) is 10.2 Å². The van der Waals surface area contributed by atoms with Crippen LogP contribution in [0.5, 0.6) is 0 Å². The molecule has 2 saturated heterocycles. The van der Waals surface area contributed by atoms with E-state index in [2.05, 4.69) is 27.2 Å². The van der Waals surface area contributed by atoms with E-state index in [9.17, 15) is 9.59 Å². The Morgan fingerprint density at radius 3 is 3.25 bits per heavy atom. The first-order valence-electron chi connectivity index (χ1n) is 8.11. The third-order valence-corrected chi connectivity index (χ3v) is 6.12. The Hall–Kier alpha value is -1.77. The van der Waals surface area contributed by atoms with Gasteiger partial charge in [-0.05, 0) is 18.5 Å². The smallest absolute Gasteiger partial charge is 0.268 e. The van der Waals surface area contributed by atoms with Crippen LogP contribution >= 0.6 is 11.3 Å². The van der Waals surface area contributed by atoms with Gasteiger partial charge in [-0.3, -0.25) is 9.59 Å². The number of likely N-dealkylation sites (tertiary alicyclic amines) is 1. The lowest BCUT2D eigenvalue weighted by Gasteiger charge is -2.31. The molecule has 2 aromatic rings. The summed E-state index contributed by atoms with van der Waals surface area (Å²) in [5.41, 5.74) is 0.208. The van der Waals surface area contributed by atoms with Gasteiger partial charge in [0.15, 0.2) is 0 Å². The monoisotopic (exact) mass is 347 g/mol. The van der Waals surface area contributed by atoms with E-state index in [4.69, 9.17) is 0 Å². The number of fused-ring (bicyclic) bond motifs is 2. The lowest BCUT2D eigenvalue weighted by atomic mass is 9.79. The van der Waals surface area contributed by atoms with Crippen molar-refractivity contribution in [2.24, 2.45) is 11.3 Å². The second kappa shape index (κ2) is 5.65. The van der Waals surface area contributed by atoms with Crippen LogP contribution in [0.4, 0.5) is 0 Å². The van der Waals surface area contributed by atoms with Crippen LogP contribution in [0.15, 0.2) is 16.2 Å². The van der Waals surface area contributed by atoms with E-state index in [-0.39, 0.29) is 16.9 Å². The summed E-state index contributed by atoms with van der Waals surface area (Å²) in [6.45, 7) is 3.65. The molecular weight excluding hydrogens is 326 g/mol. The van der Waals surface area contributed by atoms with Crippen molar-refractivity contribution in [3.63, 3.8) is 0 Å². The van der Waals surface area contributed by atoms with Gasteiger partial charge in [0.25, 0.3) is 5.56 Å². The topological polar surface area (TPSA) is 81.3 Å². The molecule has 4 rings (SSSR count). The Bertz CT molecular complexity index is 846. The first-order valence-corrected chi connectivity index (χ1v) is 8.99. The summed E-state index contributed by atoms with van der Waals surface area (Å²) in [5.74, 6) is 1.02. The van der Waals surface area contributed by atoms with Gasteiger partial charge in [0.1, 0.15) is 10.5 Å². The fraction of sp³-hybridized carbons (Fsp3) is 0.562. The maximum Gasteiger partial charge on any atom is 0.268 e. The van der Waals surface area contributed by atoms with E-state index in [1.54, 1.807) is 11.9 Å². The van der Waals surface area contributed by atoms with Gasteiger partial charge in [-0.15, -0.1) is 11.3 Å². The summed E-state index contributed by atoms with van der Waals surface area (Å²) >= 11 is 1.38. The number of H-pyrrole nitrogens is 1. The Morgan fingerprint density at radius 2 is 2.42 bits per heavy atom.